The molecule has 1 fully saturated rings. The van der Waals surface area contributed by atoms with E-state index in [0.29, 0.717) is 11.3 Å². The molecule has 1 heterocycles. The molecule has 78 valence electrons. The van der Waals surface area contributed by atoms with Crippen LogP contribution in [0.5, 0.6) is 0 Å². The number of hydrogen-bond acceptors (Lipinski definition) is 3. The highest BCUT2D eigenvalue weighted by Crippen LogP contribution is 2.25. The summed E-state index contributed by atoms with van der Waals surface area (Å²) in [6, 6.07) is 6.88. The van der Waals surface area contributed by atoms with Crippen molar-refractivity contribution in [3.05, 3.63) is 29.8 Å². The van der Waals surface area contributed by atoms with Gasteiger partial charge in [0.15, 0.2) is 0 Å². The Kier molecular flexibility index (Phi) is 2.51. The normalized spacial score (nSPS) is 16.2. The summed E-state index contributed by atoms with van der Waals surface area (Å²) < 4.78 is 0. The lowest BCUT2D eigenvalue weighted by Crippen LogP contribution is -2.29. The summed E-state index contributed by atoms with van der Waals surface area (Å²) in [6.07, 6.45) is 0.525. The fourth-order valence-corrected chi connectivity index (χ4v) is 1.71. The second-order valence-electron chi connectivity index (χ2n) is 3.41. The molecule has 0 radical (unpaired) electrons. The molecule has 1 N–H and O–H groups in total. The molecule has 0 aromatic heterocycles. The van der Waals surface area contributed by atoms with E-state index in [1.807, 2.05) is 0 Å². The van der Waals surface area contributed by atoms with Gasteiger partial charge >= 0.3 is 0 Å². The monoisotopic (exact) mass is 205 g/mol. The molecule has 1 aromatic rings. The Morgan fingerprint density at radius 1 is 1.13 bits per heavy atom. The van der Waals surface area contributed by atoms with Crippen LogP contribution in [-0.4, -0.2) is 16.9 Å². The van der Waals surface area contributed by atoms with Crippen molar-refractivity contribution in [2.75, 3.05) is 4.90 Å². The van der Waals surface area contributed by atoms with E-state index in [4.69, 9.17) is 5.11 Å². The summed E-state index contributed by atoms with van der Waals surface area (Å²) in [5, 5.41) is 9.10. The van der Waals surface area contributed by atoms with Crippen molar-refractivity contribution in [1.29, 1.82) is 0 Å². The van der Waals surface area contributed by atoms with E-state index >= 15 is 0 Å². The number of benzene rings is 1. The summed E-state index contributed by atoms with van der Waals surface area (Å²) in [4.78, 5) is 24.1. The highest BCUT2D eigenvalue weighted by Gasteiger charge is 2.31. The van der Waals surface area contributed by atoms with Crippen LogP contribution in [0.1, 0.15) is 18.4 Å². The minimum absolute atomic E-state index is 0.173. The SMILES string of the molecule is O=C1CCC(=O)N1c1ccccc1CO. The first kappa shape index (κ1) is 9.86. The van der Waals surface area contributed by atoms with Gasteiger partial charge in [-0.15, -0.1) is 0 Å². The number of anilines is 1. The van der Waals surface area contributed by atoms with Crippen molar-refractivity contribution in [2.24, 2.45) is 0 Å². The third kappa shape index (κ3) is 1.64. The van der Waals surface area contributed by atoms with Gasteiger partial charge in [-0.05, 0) is 6.07 Å². The minimum atomic E-state index is -0.194. The van der Waals surface area contributed by atoms with Gasteiger partial charge < -0.3 is 5.11 Å². The first-order chi connectivity index (χ1) is 7.24. The number of carbonyl (C=O) groups is 2. The fourth-order valence-electron chi connectivity index (χ4n) is 1.71. The maximum absolute atomic E-state index is 11.5. The first-order valence-electron chi connectivity index (χ1n) is 4.78. The summed E-state index contributed by atoms with van der Waals surface area (Å²) in [5.74, 6) is -0.387. The van der Waals surface area contributed by atoms with E-state index < -0.39 is 0 Å². The van der Waals surface area contributed by atoms with Crippen molar-refractivity contribution < 1.29 is 14.7 Å². The Bertz CT molecular complexity index is 398. The van der Waals surface area contributed by atoms with Gasteiger partial charge in [0.05, 0.1) is 12.3 Å². The summed E-state index contributed by atoms with van der Waals surface area (Å²) in [5.41, 5.74) is 1.11. The van der Waals surface area contributed by atoms with E-state index in [2.05, 4.69) is 0 Å². The predicted octanol–water partition coefficient (Wildman–Crippen LogP) is 0.832. The van der Waals surface area contributed by atoms with Crippen LogP contribution in [0.3, 0.4) is 0 Å². The van der Waals surface area contributed by atoms with E-state index in [1.165, 1.54) is 0 Å². The smallest absolute Gasteiger partial charge is 0.234 e. The average molecular weight is 205 g/mol. The largest absolute Gasteiger partial charge is 0.392 e. The van der Waals surface area contributed by atoms with Gasteiger partial charge in [0, 0.05) is 18.4 Å². The number of para-hydroxylation sites is 1. The van der Waals surface area contributed by atoms with Crippen LogP contribution >= 0.6 is 0 Å². The molecular formula is C11H11NO3. The Morgan fingerprint density at radius 2 is 1.73 bits per heavy atom. The van der Waals surface area contributed by atoms with Crippen LogP contribution < -0.4 is 4.90 Å². The Labute approximate surface area is 87.1 Å². The van der Waals surface area contributed by atoms with E-state index in [9.17, 15) is 9.59 Å². The Morgan fingerprint density at radius 3 is 2.33 bits per heavy atom. The van der Waals surface area contributed by atoms with Crippen LogP contribution in [0.15, 0.2) is 24.3 Å². The number of rotatable bonds is 2. The van der Waals surface area contributed by atoms with Crippen LogP contribution in [0.25, 0.3) is 0 Å². The molecule has 4 heteroatoms. The number of aliphatic hydroxyl groups is 1. The highest BCUT2D eigenvalue weighted by atomic mass is 16.3. The van der Waals surface area contributed by atoms with Gasteiger partial charge in [-0.3, -0.25) is 14.5 Å². The molecule has 2 rings (SSSR count). The third-order valence-electron chi connectivity index (χ3n) is 2.45. The van der Waals surface area contributed by atoms with E-state index in [0.717, 1.165) is 4.90 Å². The third-order valence-corrected chi connectivity index (χ3v) is 2.45. The predicted molar refractivity (Wildman–Crippen MR) is 54.1 cm³/mol. The van der Waals surface area contributed by atoms with Gasteiger partial charge in [-0.2, -0.15) is 0 Å². The summed E-state index contributed by atoms with van der Waals surface area (Å²) in [7, 11) is 0. The maximum atomic E-state index is 11.5. The number of aliphatic hydroxyl groups excluding tert-OH is 1. The molecule has 0 unspecified atom stereocenters. The fraction of sp³-hybridized carbons (Fsp3) is 0.273. The molecule has 0 atom stereocenters. The summed E-state index contributed by atoms with van der Waals surface area (Å²) in [6.45, 7) is -0.173. The van der Waals surface area contributed by atoms with E-state index in [1.54, 1.807) is 24.3 Å². The quantitative estimate of drug-likeness (QED) is 0.727. The van der Waals surface area contributed by atoms with Crippen molar-refractivity contribution in [1.82, 2.24) is 0 Å². The molecule has 2 amide bonds. The molecular weight excluding hydrogens is 194 g/mol. The lowest BCUT2D eigenvalue weighted by Gasteiger charge is -2.16. The average Bonchev–Trinajstić information content (AvgIpc) is 2.59. The van der Waals surface area contributed by atoms with Gasteiger partial charge in [0.1, 0.15) is 0 Å². The molecule has 4 nitrogen and oxygen atoms in total. The molecule has 1 aliphatic rings. The van der Waals surface area contributed by atoms with Gasteiger partial charge in [-0.1, -0.05) is 18.2 Å². The van der Waals surface area contributed by atoms with Crippen LogP contribution in [0.4, 0.5) is 5.69 Å². The van der Waals surface area contributed by atoms with Crippen LogP contribution in [0.2, 0.25) is 0 Å². The van der Waals surface area contributed by atoms with Gasteiger partial charge in [0.25, 0.3) is 0 Å². The van der Waals surface area contributed by atoms with Gasteiger partial charge in [0.2, 0.25) is 11.8 Å². The molecule has 1 saturated heterocycles. The van der Waals surface area contributed by atoms with Crippen molar-refractivity contribution in [2.45, 2.75) is 19.4 Å². The van der Waals surface area contributed by atoms with Crippen LogP contribution in [-0.2, 0) is 16.2 Å². The summed E-state index contributed by atoms with van der Waals surface area (Å²) >= 11 is 0. The van der Waals surface area contributed by atoms with Crippen molar-refractivity contribution in [3.8, 4) is 0 Å². The molecule has 1 aliphatic heterocycles. The Balaban J connectivity index is 2.44. The lowest BCUT2D eigenvalue weighted by molar-refractivity contribution is -0.121. The number of carbonyl (C=O) groups excluding carboxylic acids is 2. The van der Waals surface area contributed by atoms with Crippen molar-refractivity contribution >= 4 is 17.5 Å². The van der Waals surface area contributed by atoms with Gasteiger partial charge in [-0.25, -0.2) is 0 Å². The van der Waals surface area contributed by atoms with Crippen LogP contribution in [0, 0.1) is 0 Å². The molecule has 0 saturated carbocycles. The number of nitrogens with zero attached hydrogens (tertiary/aromatic N) is 1. The lowest BCUT2D eigenvalue weighted by atomic mass is 10.1. The van der Waals surface area contributed by atoms with Crippen molar-refractivity contribution in [3.63, 3.8) is 0 Å². The highest BCUT2D eigenvalue weighted by molar-refractivity contribution is 6.20. The zero-order valence-corrected chi connectivity index (χ0v) is 8.14. The second-order valence-corrected chi connectivity index (χ2v) is 3.41. The molecule has 0 spiro atoms. The minimum Gasteiger partial charge on any atom is -0.392 e. The molecule has 15 heavy (non-hydrogen) atoms. The number of hydrogen-bond donors (Lipinski definition) is 1. The molecule has 1 aromatic carbocycles. The molecule has 0 bridgehead atoms. The second kappa shape index (κ2) is 3.82. The van der Waals surface area contributed by atoms with E-state index in [-0.39, 0.29) is 31.3 Å². The number of amides is 2. The maximum Gasteiger partial charge on any atom is 0.234 e. The zero-order chi connectivity index (χ0) is 10.8. The Hall–Kier alpha value is -1.68. The standard InChI is InChI=1S/C11H11NO3/c13-7-8-3-1-2-4-9(8)12-10(14)5-6-11(12)15/h1-4,13H,5-7H2. The zero-order valence-electron chi connectivity index (χ0n) is 8.14. The molecule has 0 aliphatic carbocycles. The topological polar surface area (TPSA) is 57.6 Å². The first-order valence-corrected chi connectivity index (χ1v) is 4.78. The number of imide groups is 1.